The number of amides is 1. The second-order valence-corrected chi connectivity index (χ2v) is 7.61. The van der Waals surface area contributed by atoms with Crippen molar-refractivity contribution < 1.29 is 4.79 Å². The summed E-state index contributed by atoms with van der Waals surface area (Å²) in [6.07, 6.45) is 6.33. The van der Waals surface area contributed by atoms with Crippen LogP contribution < -0.4 is 0 Å². The van der Waals surface area contributed by atoms with Crippen molar-refractivity contribution in [2.45, 2.75) is 18.9 Å². The Morgan fingerprint density at radius 3 is 2.56 bits per heavy atom. The first-order chi connectivity index (χ1) is 12.3. The van der Waals surface area contributed by atoms with Gasteiger partial charge in [-0.05, 0) is 44.0 Å². The highest BCUT2D eigenvalue weighted by molar-refractivity contribution is 5.93. The molecular weight excluding hydrogens is 314 g/mol. The number of rotatable bonds is 2. The molecule has 6 nitrogen and oxygen atoms in total. The van der Waals surface area contributed by atoms with Crippen molar-refractivity contribution in [3.8, 4) is 0 Å². The van der Waals surface area contributed by atoms with Gasteiger partial charge in [0.2, 0.25) is 0 Å². The molecule has 0 N–H and O–H groups in total. The van der Waals surface area contributed by atoms with E-state index in [-0.39, 0.29) is 5.91 Å². The number of fused-ring (bicyclic) bond motifs is 4. The average molecular weight is 339 g/mol. The second kappa shape index (κ2) is 6.11. The van der Waals surface area contributed by atoms with Gasteiger partial charge in [0.25, 0.3) is 5.91 Å². The minimum Gasteiger partial charge on any atom is -0.335 e. The minimum atomic E-state index is 0.104. The molecule has 6 heterocycles. The molecule has 1 amide bonds. The van der Waals surface area contributed by atoms with Gasteiger partial charge in [-0.1, -0.05) is 6.07 Å². The Kier molecular flexibility index (Phi) is 3.75. The summed E-state index contributed by atoms with van der Waals surface area (Å²) < 4.78 is 1.89. The molecular formula is C19H25N5O. The van der Waals surface area contributed by atoms with E-state index in [1.165, 1.54) is 32.5 Å². The van der Waals surface area contributed by atoms with Gasteiger partial charge in [0, 0.05) is 45.0 Å². The molecule has 2 aromatic heterocycles. The highest BCUT2D eigenvalue weighted by atomic mass is 16.2. The van der Waals surface area contributed by atoms with Gasteiger partial charge < -0.3 is 9.80 Å². The first-order valence-electron chi connectivity index (χ1n) is 9.47. The fourth-order valence-corrected chi connectivity index (χ4v) is 4.86. The summed E-state index contributed by atoms with van der Waals surface area (Å²) in [6, 6.07) is 6.53. The molecule has 0 unspecified atom stereocenters. The van der Waals surface area contributed by atoms with Crippen LogP contribution in [-0.2, 0) is 0 Å². The number of nitrogens with zero attached hydrogens (tertiary/aromatic N) is 5. The van der Waals surface area contributed by atoms with Gasteiger partial charge >= 0.3 is 0 Å². The maximum Gasteiger partial charge on any atom is 0.272 e. The molecule has 2 aromatic rings. The second-order valence-electron chi connectivity index (χ2n) is 7.61. The van der Waals surface area contributed by atoms with Gasteiger partial charge in [0.15, 0.2) is 0 Å². The van der Waals surface area contributed by atoms with Crippen molar-refractivity contribution in [2.75, 3.05) is 45.8 Å². The molecule has 0 aliphatic carbocycles. The van der Waals surface area contributed by atoms with E-state index in [1.54, 1.807) is 6.20 Å². The van der Waals surface area contributed by atoms with Crippen molar-refractivity contribution in [1.82, 2.24) is 24.1 Å². The average Bonchev–Trinajstić information content (AvgIpc) is 3.12. The molecule has 132 valence electrons. The molecule has 6 rings (SSSR count). The number of piperazine rings is 1. The van der Waals surface area contributed by atoms with Crippen molar-refractivity contribution in [3.05, 3.63) is 36.3 Å². The smallest absolute Gasteiger partial charge is 0.272 e. The van der Waals surface area contributed by atoms with Crippen LogP contribution in [0.25, 0.3) is 5.65 Å². The van der Waals surface area contributed by atoms with Crippen LogP contribution in [0.15, 0.2) is 30.6 Å². The van der Waals surface area contributed by atoms with Crippen LogP contribution in [-0.4, -0.2) is 81.8 Å². The lowest BCUT2D eigenvalue weighted by molar-refractivity contribution is -0.0132. The van der Waals surface area contributed by atoms with Gasteiger partial charge in [-0.2, -0.15) is 0 Å². The normalized spacial score (nSPS) is 30.1. The Morgan fingerprint density at radius 2 is 1.84 bits per heavy atom. The van der Waals surface area contributed by atoms with Gasteiger partial charge in [0.05, 0.1) is 6.20 Å². The molecule has 6 heteroatoms. The summed E-state index contributed by atoms with van der Waals surface area (Å²) in [7, 11) is 0. The Labute approximate surface area is 148 Å². The summed E-state index contributed by atoms with van der Waals surface area (Å²) in [5, 5.41) is 0. The largest absolute Gasteiger partial charge is 0.335 e. The van der Waals surface area contributed by atoms with E-state index in [2.05, 4.69) is 14.8 Å². The van der Waals surface area contributed by atoms with E-state index in [1.807, 2.05) is 33.7 Å². The fraction of sp³-hybridized carbons (Fsp3) is 0.579. The predicted octanol–water partition coefficient (Wildman–Crippen LogP) is 1.19. The van der Waals surface area contributed by atoms with Crippen LogP contribution in [0, 0.1) is 5.92 Å². The number of piperidine rings is 3. The fourth-order valence-electron chi connectivity index (χ4n) is 4.86. The number of hydrogen-bond donors (Lipinski definition) is 0. The van der Waals surface area contributed by atoms with Gasteiger partial charge in [0.1, 0.15) is 11.3 Å². The molecule has 4 saturated heterocycles. The van der Waals surface area contributed by atoms with Crippen LogP contribution in [0.3, 0.4) is 0 Å². The summed E-state index contributed by atoms with van der Waals surface area (Å²) in [4.78, 5) is 24.5. The molecule has 4 aliphatic rings. The third kappa shape index (κ3) is 2.64. The van der Waals surface area contributed by atoms with E-state index in [4.69, 9.17) is 0 Å². The molecule has 0 aromatic carbocycles. The topological polar surface area (TPSA) is 44.1 Å². The zero-order valence-electron chi connectivity index (χ0n) is 14.5. The summed E-state index contributed by atoms with van der Waals surface area (Å²) in [5.41, 5.74) is 1.50. The van der Waals surface area contributed by atoms with Crippen molar-refractivity contribution in [2.24, 2.45) is 5.92 Å². The molecule has 1 atom stereocenters. The molecule has 0 radical (unpaired) electrons. The Morgan fingerprint density at radius 1 is 1.04 bits per heavy atom. The number of aromatic nitrogens is 2. The lowest BCUT2D eigenvalue weighted by Gasteiger charge is -2.50. The van der Waals surface area contributed by atoms with Crippen LogP contribution in [0.2, 0.25) is 0 Å². The van der Waals surface area contributed by atoms with E-state index in [0.717, 1.165) is 37.7 Å². The summed E-state index contributed by atoms with van der Waals surface area (Å²) >= 11 is 0. The lowest BCUT2D eigenvalue weighted by atomic mass is 9.83. The predicted molar refractivity (Wildman–Crippen MR) is 95.6 cm³/mol. The van der Waals surface area contributed by atoms with E-state index in [0.29, 0.717) is 11.7 Å². The third-order valence-corrected chi connectivity index (χ3v) is 6.33. The third-order valence-electron chi connectivity index (χ3n) is 6.33. The number of carbonyl (C=O) groups excluding carboxylic acids is 1. The van der Waals surface area contributed by atoms with Crippen molar-refractivity contribution in [1.29, 1.82) is 0 Å². The molecule has 2 bridgehead atoms. The number of imidazole rings is 1. The molecule has 0 saturated carbocycles. The van der Waals surface area contributed by atoms with Gasteiger partial charge in [-0.15, -0.1) is 0 Å². The Hall–Kier alpha value is -1.92. The zero-order valence-corrected chi connectivity index (χ0v) is 14.5. The van der Waals surface area contributed by atoms with E-state index >= 15 is 0 Å². The van der Waals surface area contributed by atoms with Gasteiger partial charge in [-0.3, -0.25) is 14.1 Å². The van der Waals surface area contributed by atoms with E-state index < -0.39 is 0 Å². The molecule has 0 spiro atoms. The van der Waals surface area contributed by atoms with Crippen LogP contribution in [0.1, 0.15) is 23.3 Å². The Bertz CT molecular complexity index is 771. The van der Waals surface area contributed by atoms with Crippen molar-refractivity contribution in [3.63, 3.8) is 0 Å². The van der Waals surface area contributed by atoms with Crippen molar-refractivity contribution >= 4 is 11.6 Å². The first kappa shape index (κ1) is 15.3. The monoisotopic (exact) mass is 339 g/mol. The first-order valence-corrected chi connectivity index (χ1v) is 9.47. The standard InChI is InChI=1S/C19H25N5O/c25-19(16-13-20-18-3-1-2-6-24(16)18)23-11-9-22(10-12-23)17-14-21-7-4-15(17)5-8-21/h1-3,6,13,15,17H,4-5,7-12,14H2/t17-/m1/s1. The lowest BCUT2D eigenvalue weighted by Crippen LogP contribution is -2.61. The molecule has 25 heavy (non-hydrogen) atoms. The van der Waals surface area contributed by atoms with Gasteiger partial charge in [-0.25, -0.2) is 4.98 Å². The SMILES string of the molecule is O=C(c1cnc2ccccn12)N1CCN([C@@H]2CN3CCC2CC3)CC1. The number of hydrogen-bond acceptors (Lipinski definition) is 4. The zero-order chi connectivity index (χ0) is 16.8. The highest BCUT2D eigenvalue weighted by Crippen LogP contribution is 2.31. The number of carbonyl (C=O) groups is 1. The van der Waals surface area contributed by atoms with Crippen LogP contribution >= 0.6 is 0 Å². The van der Waals surface area contributed by atoms with E-state index in [9.17, 15) is 4.79 Å². The van der Waals surface area contributed by atoms with Crippen LogP contribution in [0.4, 0.5) is 0 Å². The highest BCUT2D eigenvalue weighted by Gasteiger charge is 2.38. The summed E-state index contributed by atoms with van der Waals surface area (Å²) in [6.45, 7) is 7.44. The minimum absolute atomic E-state index is 0.104. The molecule has 4 fully saturated rings. The quantitative estimate of drug-likeness (QED) is 0.824. The number of pyridine rings is 1. The molecule has 4 aliphatic heterocycles. The maximum absolute atomic E-state index is 12.9. The van der Waals surface area contributed by atoms with Crippen LogP contribution in [0.5, 0.6) is 0 Å². The Balaban J connectivity index is 1.26. The maximum atomic E-state index is 12.9. The summed E-state index contributed by atoms with van der Waals surface area (Å²) in [5.74, 6) is 0.971.